The van der Waals surface area contributed by atoms with Gasteiger partial charge in [-0.25, -0.2) is 20.8 Å². The zero-order valence-electron chi connectivity index (χ0n) is 15.1. The van der Waals surface area contributed by atoms with Gasteiger partial charge in [-0.1, -0.05) is 35.9 Å². The fourth-order valence-electron chi connectivity index (χ4n) is 3.61. The van der Waals surface area contributed by atoms with Crippen LogP contribution in [-0.2, 0) is 12.8 Å². The molecule has 0 spiro atoms. The second kappa shape index (κ2) is 7.46. The van der Waals surface area contributed by atoms with Gasteiger partial charge in [0.2, 0.25) is 0 Å². The summed E-state index contributed by atoms with van der Waals surface area (Å²) in [4.78, 5) is 9.62. The third kappa shape index (κ3) is 3.46. The first-order valence-electron chi connectivity index (χ1n) is 9.30. The Morgan fingerprint density at radius 2 is 1.79 bits per heavy atom. The molecule has 7 nitrogen and oxygen atoms in total. The molecule has 2 aromatic carbocycles. The molecule has 0 saturated carbocycles. The highest BCUT2D eigenvalue weighted by molar-refractivity contribution is 6.30. The lowest BCUT2D eigenvalue weighted by molar-refractivity contribution is 0.555. The molecule has 2 heterocycles. The molecule has 0 amide bonds. The van der Waals surface area contributed by atoms with Gasteiger partial charge >= 0.3 is 0 Å². The van der Waals surface area contributed by atoms with E-state index in [0.29, 0.717) is 10.8 Å². The summed E-state index contributed by atoms with van der Waals surface area (Å²) in [6.45, 7) is 0. The Morgan fingerprint density at radius 3 is 2.57 bits per heavy atom. The van der Waals surface area contributed by atoms with Crippen molar-refractivity contribution >= 4 is 23.1 Å². The van der Waals surface area contributed by atoms with E-state index < -0.39 is 0 Å². The molecule has 5 rings (SSSR count). The molecule has 1 aromatic heterocycles. The summed E-state index contributed by atoms with van der Waals surface area (Å²) < 4.78 is 0. The van der Waals surface area contributed by atoms with E-state index in [1.165, 1.54) is 5.56 Å². The summed E-state index contributed by atoms with van der Waals surface area (Å²) >= 11 is 6.16. The topological polar surface area (TPSA) is 85.9 Å². The van der Waals surface area contributed by atoms with Gasteiger partial charge in [-0.2, -0.15) is 11.1 Å². The number of halogens is 1. The van der Waals surface area contributed by atoms with Crippen LogP contribution in [0.15, 0.2) is 48.5 Å². The maximum absolute atomic E-state index is 6.16. The van der Waals surface area contributed by atoms with Crippen molar-refractivity contribution < 1.29 is 0 Å². The number of hydrazine groups is 3. The fraction of sp³-hybridized carbons (Fsp3) is 0.200. The number of nitrogens with zero attached hydrogens (tertiary/aromatic N) is 2. The number of hydrogen-bond donors (Lipinski definition) is 5. The Bertz CT molecular complexity index is 1000. The molecule has 0 radical (unpaired) electrons. The van der Waals surface area contributed by atoms with Crippen molar-refractivity contribution in [1.29, 1.82) is 0 Å². The zero-order valence-corrected chi connectivity index (χ0v) is 15.8. The standard InChI is InChI=1S/C20H20ClN7/c21-14-4-1-3-13(11-14)18-23-17-6-2-5-16(17)20(24-18)22-15-9-7-12(8-10-15)19-25-27-28-26-19/h1,3-4,7-11,19,25-28H,2,5-6H2,(H,22,23,24). The Morgan fingerprint density at radius 1 is 0.964 bits per heavy atom. The maximum Gasteiger partial charge on any atom is 0.161 e. The smallest absolute Gasteiger partial charge is 0.161 e. The number of benzene rings is 2. The van der Waals surface area contributed by atoms with Crippen LogP contribution in [0.2, 0.25) is 5.02 Å². The van der Waals surface area contributed by atoms with Crippen molar-refractivity contribution in [2.45, 2.75) is 25.4 Å². The van der Waals surface area contributed by atoms with Gasteiger partial charge in [0.15, 0.2) is 5.82 Å². The number of hydrogen-bond acceptors (Lipinski definition) is 7. The van der Waals surface area contributed by atoms with Crippen LogP contribution in [0.25, 0.3) is 11.4 Å². The number of aromatic nitrogens is 2. The molecular weight excluding hydrogens is 374 g/mol. The number of rotatable bonds is 4. The van der Waals surface area contributed by atoms with Crippen LogP contribution in [-0.4, -0.2) is 9.97 Å². The van der Waals surface area contributed by atoms with Gasteiger partial charge in [0, 0.05) is 27.5 Å². The molecule has 1 fully saturated rings. The molecule has 0 bridgehead atoms. The summed E-state index contributed by atoms with van der Waals surface area (Å²) in [7, 11) is 0. The summed E-state index contributed by atoms with van der Waals surface area (Å²) in [5.41, 5.74) is 17.2. The Hall–Kier alpha value is -2.55. The van der Waals surface area contributed by atoms with E-state index in [9.17, 15) is 0 Å². The Labute approximate surface area is 167 Å². The van der Waals surface area contributed by atoms with E-state index >= 15 is 0 Å². The summed E-state index contributed by atoms with van der Waals surface area (Å²) in [5, 5.41) is 4.18. The highest BCUT2D eigenvalue weighted by Gasteiger charge is 2.20. The highest BCUT2D eigenvalue weighted by atomic mass is 35.5. The predicted molar refractivity (Wildman–Crippen MR) is 110 cm³/mol. The van der Waals surface area contributed by atoms with Crippen molar-refractivity contribution in [3.63, 3.8) is 0 Å². The van der Waals surface area contributed by atoms with Crippen LogP contribution in [0.5, 0.6) is 0 Å². The van der Waals surface area contributed by atoms with Gasteiger partial charge in [-0.05, 0) is 49.1 Å². The minimum Gasteiger partial charge on any atom is -0.340 e. The van der Waals surface area contributed by atoms with Crippen LogP contribution >= 0.6 is 11.6 Å². The van der Waals surface area contributed by atoms with E-state index in [1.54, 1.807) is 0 Å². The molecule has 8 heteroatoms. The largest absolute Gasteiger partial charge is 0.340 e. The number of aryl methyl sites for hydroxylation is 1. The SMILES string of the molecule is Clc1cccc(-c2nc3c(c(Nc4ccc(C5NNNN5)cc4)n2)CCC3)c1. The molecule has 0 atom stereocenters. The summed E-state index contributed by atoms with van der Waals surface area (Å²) in [6.07, 6.45) is 3.11. The van der Waals surface area contributed by atoms with Gasteiger partial charge in [-0.15, -0.1) is 0 Å². The van der Waals surface area contributed by atoms with Crippen molar-refractivity contribution in [2.24, 2.45) is 0 Å². The van der Waals surface area contributed by atoms with Crippen LogP contribution in [0, 0.1) is 0 Å². The lowest BCUT2D eigenvalue weighted by Gasteiger charge is -2.14. The first kappa shape index (κ1) is 17.5. The van der Waals surface area contributed by atoms with Gasteiger partial charge in [-0.3, -0.25) is 0 Å². The molecule has 5 N–H and O–H groups in total. The van der Waals surface area contributed by atoms with E-state index in [-0.39, 0.29) is 6.17 Å². The second-order valence-corrected chi connectivity index (χ2v) is 7.34. The Balaban J connectivity index is 1.46. The van der Waals surface area contributed by atoms with Gasteiger partial charge in [0.05, 0.1) is 0 Å². The molecular formula is C20H20ClN7. The molecule has 2 aliphatic rings. The lowest BCUT2D eigenvalue weighted by atomic mass is 10.1. The first-order valence-corrected chi connectivity index (χ1v) is 9.68. The van der Waals surface area contributed by atoms with Crippen molar-refractivity contribution in [3.8, 4) is 11.4 Å². The fourth-order valence-corrected chi connectivity index (χ4v) is 3.80. The number of fused-ring (bicyclic) bond motifs is 1. The molecule has 1 aliphatic carbocycles. The molecule has 3 aromatic rings. The van der Waals surface area contributed by atoms with E-state index in [1.807, 2.05) is 24.3 Å². The van der Waals surface area contributed by atoms with Crippen LogP contribution in [0.1, 0.15) is 29.4 Å². The average molecular weight is 394 g/mol. The van der Waals surface area contributed by atoms with Crippen LogP contribution < -0.4 is 27.2 Å². The first-order chi connectivity index (χ1) is 13.8. The van der Waals surface area contributed by atoms with Crippen LogP contribution in [0.3, 0.4) is 0 Å². The summed E-state index contributed by atoms with van der Waals surface area (Å²) in [5.74, 6) is 1.59. The third-order valence-electron chi connectivity index (χ3n) is 5.02. The molecule has 1 saturated heterocycles. The number of nitrogens with one attached hydrogen (secondary N) is 5. The van der Waals surface area contributed by atoms with Gasteiger partial charge in [0.25, 0.3) is 0 Å². The van der Waals surface area contributed by atoms with Gasteiger partial charge < -0.3 is 5.32 Å². The van der Waals surface area contributed by atoms with E-state index in [2.05, 4.69) is 51.5 Å². The zero-order chi connectivity index (χ0) is 18.9. The van der Waals surface area contributed by atoms with Crippen molar-refractivity contribution in [3.05, 3.63) is 70.4 Å². The summed E-state index contributed by atoms with van der Waals surface area (Å²) in [6, 6.07) is 15.9. The van der Waals surface area contributed by atoms with Gasteiger partial charge in [0.1, 0.15) is 12.0 Å². The van der Waals surface area contributed by atoms with Crippen molar-refractivity contribution in [1.82, 2.24) is 31.9 Å². The lowest BCUT2D eigenvalue weighted by Crippen LogP contribution is -2.33. The second-order valence-electron chi connectivity index (χ2n) is 6.90. The molecule has 0 unspecified atom stereocenters. The monoisotopic (exact) mass is 393 g/mol. The minimum atomic E-state index is 0.0202. The van der Waals surface area contributed by atoms with Crippen LogP contribution in [0.4, 0.5) is 11.5 Å². The minimum absolute atomic E-state index is 0.0202. The normalized spacial score (nSPS) is 16.3. The average Bonchev–Trinajstić information content (AvgIpc) is 3.40. The third-order valence-corrected chi connectivity index (χ3v) is 5.25. The molecule has 142 valence electrons. The Kier molecular flexibility index (Phi) is 4.67. The van der Waals surface area contributed by atoms with E-state index in [4.69, 9.17) is 21.6 Å². The number of anilines is 2. The maximum atomic E-state index is 6.16. The highest BCUT2D eigenvalue weighted by Crippen LogP contribution is 2.31. The van der Waals surface area contributed by atoms with Crippen molar-refractivity contribution in [2.75, 3.05) is 5.32 Å². The predicted octanol–water partition coefficient (Wildman–Crippen LogP) is 3.14. The van der Waals surface area contributed by atoms with E-state index in [0.717, 1.165) is 47.6 Å². The quantitative estimate of drug-likeness (QED) is 0.465. The molecule has 28 heavy (non-hydrogen) atoms. The molecule has 1 aliphatic heterocycles.